The fourth-order valence-corrected chi connectivity index (χ4v) is 7.05. The third kappa shape index (κ3) is 4.87. The molecule has 1 N–H and O–H groups in total. The maximum absolute atomic E-state index is 14.1. The zero-order valence-electron chi connectivity index (χ0n) is 23.8. The van der Waals surface area contributed by atoms with Gasteiger partial charge in [0, 0.05) is 50.0 Å². The highest BCUT2D eigenvalue weighted by Gasteiger charge is 2.52. The molecule has 8 nitrogen and oxygen atoms in total. The van der Waals surface area contributed by atoms with Crippen molar-refractivity contribution in [3.05, 3.63) is 65.7 Å². The molecule has 3 aliphatic rings. The van der Waals surface area contributed by atoms with E-state index in [4.69, 9.17) is 9.72 Å². The van der Waals surface area contributed by atoms with Gasteiger partial charge in [0.15, 0.2) is 5.69 Å². The number of anilines is 1. The number of aromatic nitrogens is 3. The number of ether oxygens (including phenoxy) is 1. The van der Waals surface area contributed by atoms with Gasteiger partial charge in [-0.15, -0.1) is 0 Å². The third-order valence-electron chi connectivity index (χ3n) is 9.09. The maximum Gasteiger partial charge on any atom is 0.435 e. The Labute approximate surface area is 243 Å². The lowest BCUT2D eigenvalue weighted by Crippen LogP contribution is -2.61. The van der Waals surface area contributed by atoms with E-state index >= 15 is 0 Å². The first-order valence-electron chi connectivity index (χ1n) is 14.7. The molecule has 1 spiro atoms. The molecule has 222 valence electrons. The van der Waals surface area contributed by atoms with Gasteiger partial charge in [-0.05, 0) is 68.1 Å². The average Bonchev–Trinajstić information content (AvgIpc) is 3.54. The van der Waals surface area contributed by atoms with Crippen LogP contribution in [0.5, 0.6) is 5.88 Å². The minimum Gasteiger partial charge on any atom is -0.477 e. The molecule has 6 heterocycles. The Kier molecular flexibility index (Phi) is 7.55. The van der Waals surface area contributed by atoms with Crippen LogP contribution in [0, 0.1) is 5.92 Å². The zero-order chi connectivity index (χ0) is 29.5. The van der Waals surface area contributed by atoms with Gasteiger partial charge in [-0.1, -0.05) is 19.4 Å². The first kappa shape index (κ1) is 28.4. The summed E-state index contributed by atoms with van der Waals surface area (Å²) in [6.07, 6.45) is 0.480. The number of rotatable bonds is 6. The minimum absolute atomic E-state index is 0.0127. The Balaban J connectivity index is 1.43. The van der Waals surface area contributed by atoms with Crippen molar-refractivity contribution >= 4 is 11.6 Å². The molecule has 1 amide bonds. The molecule has 2 saturated heterocycles. The quantitative estimate of drug-likeness (QED) is 0.442. The number of halogens is 3. The van der Waals surface area contributed by atoms with Gasteiger partial charge in [0.05, 0.1) is 23.6 Å². The summed E-state index contributed by atoms with van der Waals surface area (Å²) in [5, 5.41) is 3.38. The number of carbonyl (C=O) groups is 1. The summed E-state index contributed by atoms with van der Waals surface area (Å²) >= 11 is 0. The second-order valence-corrected chi connectivity index (χ2v) is 11.3. The van der Waals surface area contributed by atoms with Crippen LogP contribution >= 0.6 is 0 Å². The number of nitrogens with one attached hydrogen (secondary N) is 1. The standard InChI is InChI=1S/C31H35F3N6O2/c1-3-20-18-39(25-8-6-13-36-27(25)31(32,33)34)16-12-30(20)19-40(21-11-15-35-17-21)29(41)26-23(30)9-10-24(38-26)22-7-5-14-37-28(22)42-4-2/h5-10,13-14,20-21,35H,3-4,11-12,15-19H2,1-2H3/t20?,21-,30?/m0/s1. The van der Waals surface area contributed by atoms with Crippen LogP contribution < -0.4 is 15.0 Å². The van der Waals surface area contributed by atoms with Crippen LogP contribution in [0.15, 0.2) is 48.8 Å². The minimum atomic E-state index is -4.55. The van der Waals surface area contributed by atoms with Gasteiger partial charge in [-0.2, -0.15) is 13.2 Å². The van der Waals surface area contributed by atoms with Crippen LogP contribution in [-0.4, -0.2) is 71.1 Å². The molecule has 0 radical (unpaired) electrons. The van der Waals surface area contributed by atoms with Crippen molar-refractivity contribution in [2.45, 2.75) is 50.7 Å². The number of nitrogens with zero attached hydrogens (tertiary/aromatic N) is 5. The van der Waals surface area contributed by atoms with Crippen molar-refractivity contribution in [2.75, 3.05) is 44.2 Å². The van der Waals surface area contributed by atoms with Gasteiger partial charge in [-0.25, -0.2) is 15.0 Å². The Morgan fingerprint density at radius 3 is 2.67 bits per heavy atom. The number of amides is 1. The highest BCUT2D eigenvalue weighted by molar-refractivity contribution is 5.96. The average molecular weight is 581 g/mol. The van der Waals surface area contributed by atoms with Crippen LogP contribution in [-0.2, 0) is 11.6 Å². The summed E-state index contributed by atoms with van der Waals surface area (Å²) in [7, 11) is 0. The first-order chi connectivity index (χ1) is 20.3. The predicted octanol–water partition coefficient (Wildman–Crippen LogP) is 4.95. The largest absolute Gasteiger partial charge is 0.477 e. The lowest BCUT2D eigenvalue weighted by Gasteiger charge is -2.54. The molecule has 3 aliphatic heterocycles. The van der Waals surface area contributed by atoms with E-state index in [9.17, 15) is 18.0 Å². The summed E-state index contributed by atoms with van der Waals surface area (Å²) in [6.45, 7) is 7.31. The van der Waals surface area contributed by atoms with E-state index in [2.05, 4.69) is 22.2 Å². The number of piperidine rings is 1. The molecule has 2 fully saturated rings. The zero-order valence-corrected chi connectivity index (χ0v) is 23.8. The third-order valence-corrected chi connectivity index (χ3v) is 9.09. The van der Waals surface area contributed by atoms with Crippen molar-refractivity contribution in [3.8, 4) is 17.1 Å². The Morgan fingerprint density at radius 1 is 1.12 bits per heavy atom. The topological polar surface area (TPSA) is 83.5 Å². The first-order valence-corrected chi connectivity index (χ1v) is 14.7. The Hall–Kier alpha value is -3.73. The van der Waals surface area contributed by atoms with Gasteiger partial charge in [0.25, 0.3) is 5.91 Å². The molecular formula is C31H35F3N6O2. The second-order valence-electron chi connectivity index (χ2n) is 11.3. The number of carbonyl (C=O) groups excluding carboxylic acids is 1. The second kappa shape index (κ2) is 11.2. The molecule has 3 aromatic rings. The van der Waals surface area contributed by atoms with E-state index in [0.29, 0.717) is 62.0 Å². The molecular weight excluding hydrogens is 545 g/mol. The van der Waals surface area contributed by atoms with Crippen LogP contribution in [0.3, 0.4) is 0 Å². The normalized spacial score (nSPS) is 24.3. The number of hydrogen-bond acceptors (Lipinski definition) is 7. The highest BCUT2D eigenvalue weighted by Crippen LogP contribution is 2.49. The predicted molar refractivity (Wildman–Crippen MR) is 152 cm³/mol. The van der Waals surface area contributed by atoms with Gasteiger partial charge in [-0.3, -0.25) is 4.79 Å². The summed E-state index contributed by atoms with van der Waals surface area (Å²) in [6, 6.07) is 10.7. The van der Waals surface area contributed by atoms with Crippen molar-refractivity contribution in [1.82, 2.24) is 25.2 Å². The van der Waals surface area contributed by atoms with Crippen LogP contribution in [0.4, 0.5) is 18.9 Å². The Morgan fingerprint density at radius 2 is 1.93 bits per heavy atom. The number of alkyl halides is 3. The fourth-order valence-electron chi connectivity index (χ4n) is 7.05. The van der Waals surface area contributed by atoms with Crippen LogP contribution in [0.1, 0.15) is 54.9 Å². The number of fused-ring (bicyclic) bond motifs is 2. The summed E-state index contributed by atoms with van der Waals surface area (Å²) in [5.41, 5.74) is 1.42. The van der Waals surface area contributed by atoms with Gasteiger partial charge >= 0.3 is 6.18 Å². The molecule has 11 heteroatoms. The molecule has 6 rings (SSSR count). The van der Waals surface area contributed by atoms with Crippen molar-refractivity contribution in [1.29, 1.82) is 0 Å². The summed E-state index contributed by atoms with van der Waals surface area (Å²) < 4.78 is 47.4. The lowest BCUT2D eigenvalue weighted by atomic mass is 9.62. The van der Waals surface area contributed by atoms with Gasteiger partial charge in [0.2, 0.25) is 5.88 Å². The molecule has 0 aliphatic carbocycles. The smallest absolute Gasteiger partial charge is 0.435 e. The summed E-state index contributed by atoms with van der Waals surface area (Å²) in [5.74, 6) is 0.345. The number of pyridine rings is 3. The van der Waals surface area contributed by atoms with Crippen molar-refractivity contribution < 1.29 is 22.7 Å². The van der Waals surface area contributed by atoms with E-state index in [1.54, 1.807) is 12.3 Å². The van der Waals surface area contributed by atoms with E-state index in [-0.39, 0.29) is 23.6 Å². The molecule has 0 bridgehead atoms. The molecule has 2 unspecified atom stereocenters. The summed E-state index contributed by atoms with van der Waals surface area (Å²) in [4.78, 5) is 30.9. The van der Waals surface area contributed by atoms with Crippen LogP contribution in [0.25, 0.3) is 11.3 Å². The van der Waals surface area contributed by atoms with Gasteiger partial charge < -0.3 is 19.9 Å². The monoisotopic (exact) mass is 580 g/mol. The Bertz CT molecular complexity index is 1460. The van der Waals surface area contributed by atoms with E-state index in [0.717, 1.165) is 24.9 Å². The van der Waals surface area contributed by atoms with E-state index in [1.165, 1.54) is 12.3 Å². The number of hydrogen-bond donors (Lipinski definition) is 1. The highest BCUT2D eigenvalue weighted by atomic mass is 19.4. The SMILES string of the molecule is CCOc1ncccc1-c1ccc2c(n1)C(=O)N([C@H]1CCNC1)CC21CCN(c2cccnc2C(F)(F)F)CC1CC. The van der Waals surface area contributed by atoms with E-state index < -0.39 is 17.3 Å². The maximum atomic E-state index is 14.1. The van der Waals surface area contributed by atoms with Crippen LogP contribution in [0.2, 0.25) is 0 Å². The molecule has 0 aromatic carbocycles. The van der Waals surface area contributed by atoms with Crippen molar-refractivity contribution in [3.63, 3.8) is 0 Å². The molecule has 3 atom stereocenters. The van der Waals surface area contributed by atoms with Crippen molar-refractivity contribution in [2.24, 2.45) is 5.92 Å². The molecule has 0 saturated carbocycles. The fraction of sp³-hybridized carbons (Fsp3) is 0.484. The van der Waals surface area contributed by atoms with E-state index in [1.807, 2.05) is 41.0 Å². The molecule has 3 aromatic heterocycles. The van der Waals surface area contributed by atoms with Gasteiger partial charge in [0.1, 0.15) is 5.69 Å². The lowest BCUT2D eigenvalue weighted by molar-refractivity contribution is -0.140. The molecule has 42 heavy (non-hydrogen) atoms.